The molecule has 0 heterocycles. The summed E-state index contributed by atoms with van der Waals surface area (Å²) >= 11 is 6.30. The van der Waals surface area contributed by atoms with Crippen LogP contribution in [0.15, 0.2) is 48.5 Å². The van der Waals surface area contributed by atoms with E-state index in [9.17, 15) is 4.79 Å². The van der Waals surface area contributed by atoms with Gasteiger partial charge < -0.3 is 5.11 Å². The van der Waals surface area contributed by atoms with E-state index in [0.29, 0.717) is 5.56 Å². The van der Waals surface area contributed by atoms with Crippen molar-refractivity contribution in [3.05, 3.63) is 71.3 Å². The highest BCUT2D eigenvalue weighted by molar-refractivity contribution is 6.23. The molecule has 3 heteroatoms. The summed E-state index contributed by atoms with van der Waals surface area (Å²) in [6.07, 6.45) is 0. The van der Waals surface area contributed by atoms with Crippen molar-refractivity contribution in [2.45, 2.75) is 5.38 Å². The molecule has 0 amide bonds. The zero-order chi connectivity index (χ0) is 12.3. The Kier molecular flexibility index (Phi) is 3.45. The first-order valence-corrected chi connectivity index (χ1v) is 5.56. The molecule has 0 fully saturated rings. The number of aromatic carboxylic acids is 1. The van der Waals surface area contributed by atoms with Gasteiger partial charge in [0, 0.05) is 0 Å². The minimum absolute atomic E-state index is 0.191. The Balaban J connectivity index is 2.44. The predicted molar refractivity (Wildman–Crippen MR) is 66.4 cm³/mol. The van der Waals surface area contributed by atoms with Crippen molar-refractivity contribution in [1.82, 2.24) is 0 Å². The lowest BCUT2D eigenvalue weighted by Crippen LogP contribution is -2.04. The van der Waals surface area contributed by atoms with Gasteiger partial charge in [-0.25, -0.2) is 4.79 Å². The lowest BCUT2D eigenvalue weighted by Gasteiger charge is -2.12. The molecule has 2 aromatic rings. The molecule has 1 unspecified atom stereocenters. The average molecular weight is 246 g/mol. The first-order valence-electron chi connectivity index (χ1n) is 5.12. The number of halogens is 1. The maximum Gasteiger partial charge on any atom is 0.336 e. The van der Waals surface area contributed by atoms with Crippen LogP contribution < -0.4 is 0 Å². The van der Waals surface area contributed by atoms with Crippen molar-refractivity contribution in [2.24, 2.45) is 0 Å². The Labute approximate surface area is 104 Å². The lowest BCUT2D eigenvalue weighted by molar-refractivity contribution is 0.0695. The highest BCUT2D eigenvalue weighted by Gasteiger charge is 2.17. The summed E-state index contributed by atoms with van der Waals surface area (Å²) in [5.74, 6) is -0.988. The first-order chi connectivity index (χ1) is 8.20. The summed E-state index contributed by atoms with van der Waals surface area (Å²) in [5, 5.41) is 8.62. The monoisotopic (exact) mass is 245 g/mol. The first kappa shape index (κ1) is 11.7. The van der Waals surface area contributed by atoms with Crippen molar-refractivity contribution in [1.29, 1.82) is 0 Å². The standard InChI is InChI=1S/C14H10ClO2/c15-13(10-6-2-1-3-7-10)11-8-4-5-9-12(11)14(16)17/h1-4,6-9,13H,(H,16,17). The largest absolute Gasteiger partial charge is 0.478 e. The smallest absolute Gasteiger partial charge is 0.336 e. The molecule has 0 spiro atoms. The van der Waals surface area contributed by atoms with Gasteiger partial charge >= 0.3 is 5.97 Å². The topological polar surface area (TPSA) is 37.3 Å². The van der Waals surface area contributed by atoms with Gasteiger partial charge in [0.1, 0.15) is 0 Å². The van der Waals surface area contributed by atoms with Crippen LogP contribution in [0.3, 0.4) is 0 Å². The zero-order valence-corrected chi connectivity index (χ0v) is 9.69. The van der Waals surface area contributed by atoms with E-state index in [0.717, 1.165) is 5.56 Å². The molecule has 0 aliphatic rings. The fourth-order valence-corrected chi connectivity index (χ4v) is 1.99. The molecule has 2 aromatic carbocycles. The predicted octanol–water partition coefficient (Wildman–Crippen LogP) is 3.51. The zero-order valence-electron chi connectivity index (χ0n) is 8.93. The van der Waals surface area contributed by atoms with Crippen molar-refractivity contribution in [3.63, 3.8) is 0 Å². The molecule has 2 rings (SSSR count). The van der Waals surface area contributed by atoms with Crippen LogP contribution in [0.25, 0.3) is 0 Å². The van der Waals surface area contributed by atoms with E-state index in [-0.39, 0.29) is 5.56 Å². The Bertz CT molecular complexity index is 523. The summed E-state index contributed by atoms with van der Waals surface area (Å²) in [6, 6.07) is 16.9. The van der Waals surface area contributed by atoms with Crippen LogP contribution in [-0.2, 0) is 0 Å². The molecule has 85 valence electrons. The molecular weight excluding hydrogens is 236 g/mol. The Morgan fingerprint density at radius 3 is 2.59 bits per heavy atom. The van der Waals surface area contributed by atoms with Gasteiger partial charge in [-0.15, -0.1) is 11.6 Å². The molecule has 17 heavy (non-hydrogen) atoms. The van der Waals surface area contributed by atoms with Gasteiger partial charge in [0.15, 0.2) is 0 Å². The summed E-state index contributed by atoms with van der Waals surface area (Å²) in [7, 11) is 0. The number of hydrogen-bond acceptors (Lipinski definition) is 1. The molecule has 0 bridgehead atoms. The minimum Gasteiger partial charge on any atom is -0.478 e. The van der Waals surface area contributed by atoms with Crippen LogP contribution in [-0.4, -0.2) is 11.1 Å². The Morgan fingerprint density at radius 2 is 1.94 bits per heavy atom. The van der Waals surface area contributed by atoms with E-state index in [1.165, 1.54) is 6.07 Å². The second-order valence-corrected chi connectivity index (χ2v) is 4.03. The van der Waals surface area contributed by atoms with Crippen molar-refractivity contribution < 1.29 is 9.90 Å². The fraction of sp³-hybridized carbons (Fsp3) is 0.0714. The Morgan fingerprint density at radius 1 is 1.24 bits per heavy atom. The highest BCUT2D eigenvalue weighted by Crippen LogP contribution is 2.30. The minimum atomic E-state index is -0.988. The Hall–Kier alpha value is -1.80. The molecule has 2 nitrogen and oxygen atoms in total. The summed E-state index contributed by atoms with van der Waals surface area (Å²) in [4.78, 5) is 11.1. The molecule has 1 N–H and O–H groups in total. The third kappa shape index (κ3) is 2.48. The molecule has 1 radical (unpaired) electrons. The van der Waals surface area contributed by atoms with Gasteiger partial charge in [-0.2, -0.15) is 0 Å². The van der Waals surface area contributed by atoms with Gasteiger partial charge in [0.05, 0.1) is 10.9 Å². The van der Waals surface area contributed by atoms with Crippen LogP contribution in [0.2, 0.25) is 0 Å². The second kappa shape index (κ2) is 5.02. The molecule has 0 aromatic heterocycles. The SMILES string of the molecule is O=C(O)c1c[c]ccc1C(Cl)c1ccccc1. The van der Waals surface area contributed by atoms with Crippen LogP contribution in [0.5, 0.6) is 0 Å². The van der Waals surface area contributed by atoms with Gasteiger partial charge in [0.2, 0.25) is 0 Å². The molecule has 0 saturated heterocycles. The van der Waals surface area contributed by atoms with Gasteiger partial charge in [-0.1, -0.05) is 42.5 Å². The number of hydrogen-bond donors (Lipinski definition) is 1. The van der Waals surface area contributed by atoms with E-state index in [1.54, 1.807) is 12.1 Å². The van der Waals surface area contributed by atoms with Gasteiger partial charge in [-0.05, 0) is 23.3 Å². The summed E-state index contributed by atoms with van der Waals surface area (Å²) in [5.41, 5.74) is 1.66. The molecular formula is C14H10ClO2. The number of carbonyl (C=O) groups is 1. The third-order valence-electron chi connectivity index (χ3n) is 2.49. The van der Waals surface area contributed by atoms with Crippen LogP contribution in [0.1, 0.15) is 26.9 Å². The highest BCUT2D eigenvalue weighted by atomic mass is 35.5. The van der Waals surface area contributed by atoms with E-state index >= 15 is 0 Å². The van der Waals surface area contributed by atoms with E-state index < -0.39 is 11.3 Å². The quantitative estimate of drug-likeness (QED) is 0.841. The van der Waals surface area contributed by atoms with Crippen LogP contribution in [0.4, 0.5) is 0 Å². The number of carboxylic acids is 1. The molecule has 0 saturated carbocycles. The van der Waals surface area contributed by atoms with E-state index in [4.69, 9.17) is 16.7 Å². The number of alkyl halides is 1. The van der Waals surface area contributed by atoms with Crippen LogP contribution >= 0.6 is 11.6 Å². The van der Waals surface area contributed by atoms with E-state index in [1.807, 2.05) is 30.3 Å². The van der Waals surface area contributed by atoms with Crippen molar-refractivity contribution >= 4 is 17.6 Å². The van der Waals surface area contributed by atoms with Crippen LogP contribution in [0, 0.1) is 6.07 Å². The third-order valence-corrected chi connectivity index (χ3v) is 2.98. The molecule has 0 aliphatic carbocycles. The number of rotatable bonds is 3. The normalized spacial score (nSPS) is 12.1. The summed E-state index contributed by atoms with van der Waals surface area (Å²) in [6.45, 7) is 0. The second-order valence-electron chi connectivity index (χ2n) is 3.59. The molecule has 0 aliphatic heterocycles. The maximum atomic E-state index is 11.1. The number of benzene rings is 2. The van der Waals surface area contributed by atoms with Crippen molar-refractivity contribution in [3.8, 4) is 0 Å². The summed E-state index contributed by atoms with van der Waals surface area (Å²) < 4.78 is 0. The lowest BCUT2D eigenvalue weighted by atomic mass is 9.99. The van der Waals surface area contributed by atoms with Crippen molar-refractivity contribution in [2.75, 3.05) is 0 Å². The van der Waals surface area contributed by atoms with Gasteiger partial charge in [0.25, 0.3) is 0 Å². The maximum absolute atomic E-state index is 11.1. The van der Waals surface area contributed by atoms with Gasteiger partial charge in [-0.3, -0.25) is 0 Å². The molecule has 1 atom stereocenters. The van der Waals surface area contributed by atoms with E-state index in [2.05, 4.69) is 6.07 Å². The average Bonchev–Trinajstić information content (AvgIpc) is 2.39. The fourth-order valence-electron chi connectivity index (χ4n) is 1.65. The number of carboxylic acid groups (broad SMARTS) is 1.